The van der Waals surface area contributed by atoms with E-state index in [9.17, 15) is 0 Å². The minimum atomic E-state index is 0.184. The van der Waals surface area contributed by atoms with Crippen LogP contribution in [0.5, 0.6) is 0 Å². The van der Waals surface area contributed by atoms with E-state index in [1.54, 1.807) is 0 Å². The maximum absolute atomic E-state index is 6.10. The lowest BCUT2D eigenvalue weighted by molar-refractivity contribution is -0.0162. The number of aryl methyl sites for hydroxylation is 1. The van der Waals surface area contributed by atoms with Gasteiger partial charge in [0.1, 0.15) is 6.10 Å². The Kier molecular flexibility index (Phi) is 4.23. The van der Waals surface area contributed by atoms with Gasteiger partial charge in [0.15, 0.2) is 0 Å². The first-order valence-corrected chi connectivity index (χ1v) is 9.16. The molecule has 22 heavy (non-hydrogen) atoms. The Labute approximate surface area is 133 Å². The maximum Gasteiger partial charge on any atom is 0.101 e. The van der Waals surface area contributed by atoms with Gasteiger partial charge < -0.3 is 10.1 Å². The van der Waals surface area contributed by atoms with Crippen molar-refractivity contribution < 1.29 is 4.74 Å². The van der Waals surface area contributed by atoms with E-state index in [-0.39, 0.29) is 6.10 Å². The van der Waals surface area contributed by atoms with Gasteiger partial charge in [-0.25, -0.2) is 0 Å². The Morgan fingerprint density at radius 1 is 1.14 bits per heavy atom. The summed E-state index contributed by atoms with van der Waals surface area (Å²) in [6.07, 6.45) is 15.3. The first kappa shape index (κ1) is 14.7. The van der Waals surface area contributed by atoms with Crippen molar-refractivity contribution in [2.24, 2.45) is 18.9 Å². The summed E-state index contributed by atoms with van der Waals surface area (Å²) in [4.78, 5) is 0. The van der Waals surface area contributed by atoms with Crippen LogP contribution in [0.4, 0.5) is 0 Å². The van der Waals surface area contributed by atoms with Gasteiger partial charge in [0, 0.05) is 37.5 Å². The Hall–Kier alpha value is -0.870. The number of nitrogens with zero attached hydrogens (tertiary/aromatic N) is 2. The van der Waals surface area contributed by atoms with Gasteiger partial charge in [-0.2, -0.15) is 5.10 Å². The Bertz CT molecular complexity index is 496. The number of aromatic nitrogens is 2. The van der Waals surface area contributed by atoms with Crippen LogP contribution in [0.2, 0.25) is 0 Å². The fourth-order valence-electron chi connectivity index (χ4n) is 4.54. The molecule has 1 N–H and O–H groups in total. The zero-order valence-corrected chi connectivity index (χ0v) is 13.7. The van der Waals surface area contributed by atoms with Crippen LogP contribution in [-0.2, 0) is 11.8 Å². The molecule has 4 nitrogen and oxygen atoms in total. The van der Waals surface area contributed by atoms with Crippen LogP contribution in [0.1, 0.15) is 63.0 Å². The molecule has 2 aliphatic carbocycles. The third-order valence-corrected chi connectivity index (χ3v) is 5.83. The molecule has 0 radical (unpaired) electrons. The lowest BCUT2D eigenvalue weighted by atomic mass is 9.82. The van der Waals surface area contributed by atoms with Crippen molar-refractivity contribution in [2.75, 3.05) is 6.61 Å². The predicted molar refractivity (Wildman–Crippen MR) is 86.5 cm³/mol. The fraction of sp³-hybridized carbons (Fsp3) is 0.833. The molecular weight excluding hydrogens is 274 g/mol. The van der Waals surface area contributed by atoms with Crippen molar-refractivity contribution in [3.63, 3.8) is 0 Å². The summed E-state index contributed by atoms with van der Waals surface area (Å²) in [6.45, 7) is 0.882. The predicted octanol–water partition coefficient (Wildman–Crippen LogP) is 3.20. The number of rotatable bonds is 4. The summed E-state index contributed by atoms with van der Waals surface area (Å²) in [7, 11) is 1.98. The van der Waals surface area contributed by atoms with E-state index in [1.807, 2.05) is 17.9 Å². The van der Waals surface area contributed by atoms with Crippen molar-refractivity contribution in [3.05, 3.63) is 18.0 Å². The smallest absolute Gasteiger partial charge is 0.101 e. The van der Waals surface area contributed by atoms with Crippen LogP contribution in [0, 0.1) is 11.8 Å². The highest BCUT2D eigenvalue weighted by Crippen LogP contribution is 2.44. The number of ether oxygens (including phenoxy) is 1. The first-order valence-electron chi connectivity index (χ1n) is 9.16. The van der Waals surface area contributed by atoms with Crippen LogP contribution in [0.25, 0.3) is 0 Å². The molecule has 4 heteroatoms. The molecule has 3 aliphatic rings. The summed E-state index contributed by atoms with van der Waals surface area (Å²) in [6, 6.07) is 1.16. The average molecular weight is 303 g/mol. The van der Waals surface area contributed by atoms with Crippen molar-refractivity contribution in [2.45, 2.75) is 69.6 Å². The van der Waals surface area contributed by atoms with Crippen molar-refractivity contribution in [1.82, 2.24) is 15.1 Å². The van der Waals surface area contributed by atoms with Gasteiger partial charge in [0.25, 0.3) is 0 Å². The molecule has 0 amide bonds. The van der Waals surface area contributed by atoms with E-state index in [1.165, 1.54) is 56.9 Å². The Balaban J connectivity index is 1.40. The van der Waals surface area contributed by atoms with Crippen LogP contribution in [0.15, 0.2) is 12.4 Å². The third kappa shape index (κ3) is 3.23. The summed E-state index contributed by atoms with van der Waals surface area (Å²) < 4.78 is 7.99. The van der Waals surface area contributed by atoms with Crippen LogP contribution < -0.4 is 5.32 Å². The molecule has 4 rings (SSSR count). The number of hydrogen-bond acceptors (Lipinski definition) is 3. The van der Waals surface area contributed by atoms with Crippen molar-refractivity contribution in [3.8, 4) is 0 Å². The highest BCUT2D eigenvalue weighted by atomic mass is 16.5. The van der Waals surface area contributed by atoms with Crippen molar-refractivity contribution in [1.29, 1.82) is 0 Å². The molecular formula is C18H29N3O. The molecule has 0 spiro atoms. The summed E-state index contributed by atoms with van der Waals surface area (Å²) in [5, 5.41) is 8.29. The van der Waals surface area contributed by atoms with E-state index >= 15 is 0 Å². The summed E-state index contributed by atoms with van der Waals surface area (Å²) in [5.74, 6) is 2.05. The van der Waals surface area contributed by atoms with E-state index in [0.717, 1.165) is 18.4 Å². The molecule has 2 saturated carbocycles. The van der Waals surface area contributed by atoms with Gasteiger partial charge in [-0.05, 0) is 50.4 Å². The molecule has 2 heterocycles. The lowest BCUT2D eigenvalue weighted by Gasteiger charge is -2.38. The molecule has 1 saturated heterocycles. The highest BCUT2D eigenvalue weighted by Gasteiger charge is 2.36. The lowest BCUT2D eigenvalue weighted by Crippen LogP contribution is -2.46. The molecule has 1 aromatic heterocycles. The topological polar surface area (TPSA) is 39.1 Å². The average Bonchev–Trinajstić information content (AvgIpc) is 3.30. The largest absolute Gasteiger partial charge is 0.372 e. The van der Waals surface area contributed by atoms with E-state index < -0.39 is 0 Å². The second-order valence-electron chi connectivity index (χ2n) is 7.62. The molecule has 4 atom stereocenters. The molecule has 3 fully saturated rings. The van der Waals surface area contributed by atoms with Crippen LogP contribution in [-0.4, -0.2) is 28.5 Å². The molecule has 0 unspecified atom stereocenters. The molecule has 0 bridgehead atoms. The van der Waals surface area contributed by atoms with Crippen molar-refractivity contribution >= 4 is 0 Å². The summed E-state index contributed by atoms with van der Waals surface area (Å²) >= 11 is 0. The minimum Gasteiger partial charge on any atom is -0.372 e. The normalized spacial score (nSPS) is 36.4. The third-order valence-electron chi connectivity index (χ3n) is 5.83. The van der Waals surface area contributed by atoms with E-state index in [2.05, 4.69) is 16.6 Å². The van der Waals surface area contributed by atoms with Gasteiger partial charge >= 0.3 is 0 Å². The van der Waals surface area contributed by atoms with Gasteiger partial charge in [0.05, 0.1) is 6.20 Å². The zero-order valence-electron chi connectivity index (χ0n) is 13.7. The molecule has 0 aromatic carbocycles. The second kappa shape index (κ2) is 6.32. The quantitative estimate of drug-likeness (QED) is 0.928. The summed E-state index contributed by atoms with van der Waals surface area (Å²) in [5.41, 5.74) is 1.23. The van der Waals surface area contributed by atoms with Gasteiger partial charge in [-0.15, -0.1) is 0 Å². The molecule has 1 aliphatic heterocycles. The SMILES string of the molecule is Cn1cc([C@H]2OCCC[C@@H]2N[C@@H]2CCC[C@H](C3CC3)C2)cn1. The minimum absolute atomic E-state index is 0.184. The monoisotopic (exact) mass is 303 g/mol. The number of nitrogens with one attached hydrogen (secondary N) is 1. The Morgan fingerprint density at radius 3 is 2.82 bits per heavy atom. The fourth-order valence-corrected chi connectivity index (χ4v) is 4.54. The van der Waals surface area contributed by atoms with Gasteiger partial charge in [-0.3, -0.25) is 4.68 Å². The maximum atomic E-state index is 6.10. The molecule has 1 aromatic rings. The van der Waals surface area contributed by atoms with Crippen LogP contribution in [0.3, 0.4) is 0 Å². The van der Waals surface area contributed by atoms with Gasteiger partial charge in [0.2, 0.25) is 0 Å². The second-order valence-corrected chi connectivity index (χ2v) is 7.62. The van der Waals surface area contributed by atoms with Crippen LogP contribution >= 0.6 is 0 Å². The highest BCUT2D eigenvalue weighted by molar-refractivity contribution is 5.12. The zero-order chi connectivity index (χ0) is 14.9. The number of hydrogen-bond donors (Lipinski definition) is 1. The van der Waals surface area contributed by atoms with E-state index in [4.69, 9.17) is 4.74 Å². The molecule has 122 valence electrons. The van der Waals surface area contributed by atoms with Gasteiger partial charge in [-0.1, -0.05) is 12.8 Å². The standard InChI is InChI=1S/C18H29N3O/c1-21-12-15(11-19-21)18-17(6-3-9-22-18)20-16-5-2-4-14(10-16)13-7-8-13/h11-14,16-18,20H,2-10H2,1H3/t14-,16+,17-,18+/m0/s1. The van der Waals surface area contributed by atoms with E-state index in [0.29, 0.717) is 12.1 Å². The first-order chi connectivity index (χ1) is 10.8. The Morgan fingerprint density at radius 2 is 2.05 bits per heavy atom.